The molecule has 0 aliphatic rings. The number of hydrogen-bond acceptors (Lipinski definition) is 7. The lowest BCUT2D eigenvalue weighted by molar-refractivity contribution is -0.112. The van der Waals surface area contributed by atoms with Gasteiger partial charge in [-0.15, -0.1) is 11.3 Å². The van der Waals surface area contributed by atoms with Crippen molar-refractivity contribution in [2.24, 2.45) is 11.1 Å². The molecule has 0 radical (unpaired) electrons. The number of anilines is 1. The minimum atomic E-state index is -3.32. The summed E-state index contributed by atoms with van der Waals surface area (Å²) in [5, 5.41) is 6.31. The minimum absolute atomic E-state index is 0.0865. The van der Waals surface area contributed by atoms with Gasteiger partial charge in [0.2, 0.25) is 0 Å². The quantitative estimate of drug-likeness (QED) is 0.531. The molecule has 9 heteroatoms. The smallest absolute Gasteiger partial charge is 0.282 e. The highest BCUT2D eigenvalue weighted by Gasteiger charge is 2.23. The van der Waals surface area contributed by atoms with E-state index >= 15 is 0 Å². The average molecular weight is 396 g/mol. The number of carbonyl (C=O) groups excluding carboxylic acids is 1. The Morgan fingerprint density at radius 3 is 2.46 bits per heavy atom. The summed E-state index contributed by atoms with van der Waals surface area (Å²) < 4.78 is 23.2. The molecule has 2 rings (SSSR count). The molecule has 0 aliphatic heterocycles. The monoisotopic (exact) mass is 395 g/mol. The van der Waals surface area contributed by atoms with Gasteiger partial charge in [-0.2, -0.15) is 0 Å². The van der Waals surface area contributed by atoms with Crippen LogP contribution < -0.4 is 4.90 Å². The van der Waals surface area contributed by atoms with Crippen molar-refractivity contribution in [1.29, 1.82) is 0 Å². The molecular weight excluding hydrogens is 374 g/mol. The summed E-state index contributed by atoms with van der Waals surface area (Å²) in [6, 6.07) is 5.97. The number of benzene rings is 1. The van der Waals surface area contributed by atoms with Gasteiger partial charge in [0.05, 0.1) is 4.90 Å². The highest BCUT2D eigenvalue weighted by atomic mass is 32.2. The van der Waals surface area contributed by atoms with Crippen LogP contribution in [0.25, 0.3) is 0 Å². The number of carbonyl (C=O) groups is 1. The fourth-order valence-electron chi connectivity index (χ4n) is 1.95. The Hall–Kier alpha value is -2.26. The molecule has 1 amide bonds. The van der Waals surface area contributed by atoms with E-state index in [-0.39, 0.29) is 16.5 Å². The molecule has 0 saturated carbocycles. The number of amides is 1. The van der Waals surface area contributed by atoms with Crippen molar-refractivity contribution < 1.29 is 18.0 Å². The molecule has 2 aromatic rings. The number of aromatic nitrogens is 1. The van der Waals surface area contributed by atoms with Gasteiger partial charge in [0.1, 0.15) is 6.61 Å². The zero-order chi connectivity index (χ0) is 19.3. The number of nitrogens with zero attached hydrogens (tertiary/aromatic N) is 3. The van der Waals surface area contributed by atoms with Crippen molar-refractivity contribution in [2.45, 2.75) is 18.7 Å². The van der Waals surface area contributed by atoms with E-state index in [0.717, 1.165) is 6.26 Å². The molecule has 26 heavy (non-hydrogen) atoms. The van der Waals surface area contributed by atoms with Gasteiger partial charge in [-0.05, 0) is 18.1 Å². The molecular formula is C17H21N3O4S2. The lowest BCUT2D eigenvalue weighted by atomic mass is 10.1. The van der Waals surface area contributed by atoms with Gasteiger partial charge >= 0.3 is 0 Å². The van der Waals surface area contributed by atoms with Crippen molar-refractivity contribution in [2.75, 3.05) is 24.8 Å². The zero-order valence-corrected chi connectivity index (χ0v) is 16.7. The second-order valence-electron chi connectivity index (χ2n) is 6.10. The van der Waals surface area contributed by atoms with Crippen LogP contribution in [0, 0.1) is 5.92 Å². The molecule has 1 heterocycles. The summed E-state index contributed by atoms with van der Waals surface area (Å²) in [5.74, 6) is -0.143. The number of hydrogen-bond donors (Lipinski definition) is 0. The predicted molar refractivity (Wildman–Crippen MR) is 102 cm³/mol. The third-order valence-corrected chi connectivity index (χ3v) is 5.31. The highest BCUT2D eigenvalue weighted by Crippen LogP contribution is 2.18. The lowest BCUT2D eigenvalue weighted by Crippen LogP contribution is -2.34. The van der Waals surface area contributed by atoms with Crippen LogP contribution in [0.1, 0.15) is 19.4 Å². The predicted octanol–water partition coefficient (Wildman–Crippen LogP) is 2.59. The van der Waals surface area contributed by atoms with E-state index in [9.17, 15) is 13.2 Å². The van der Waals surface area contributed by atoms with Crippen LogP contribution in [-0.4, -0.2) is 44.9 Å². The van der Waals surface area contributed by atoms with Crippen LogP contribution in [0.3, 0.4) is 0 Å². The second kappa shape index (κ2) is 8.41. The van der Waals surface area contributed by atoms with Gasteiger partial charge in [0.15, 0.2) is 20.7 Å². The topological polar surface area (TPSA) is 88.9 Å². The number of thiazole rings is 1. The Kier molecular flexibility index (Phi) is 6.49. The maximum atomic E-state index is 12.9. The Morgan fingerprint density at radius 2 is 1.96 bits per heavy atom. The summed E-state index contributed by atoms with van der Waals surface area (Å²) >= 11 is 1.33. The molecule has 0 bridgehead atoms. The normalized spacial score (nSPS) is 12.3. The lowest BCUT2D eigenvalue weighted by Gasteiger charge is -2.15. The van der Waals surface area contributed by atoms with Crippen LogP contribution >= 0.6 is 11.3 Å². The van der Waals surface area contributed by atoms with Gasteiger partial charge in [0.25, 0.3) is 5.91 Å². The fourth-order valence-corrected chi connectivity index (χ4v) is 3.19. The minimum Gasteiger partial charge on any atom is -0.395 e. The zero-order valence-electron chi connectivity index (χ0n) is 15.0. The van der Waals surface area contributed by atoms with E-state index in [2.05, 4.69) is 10.1 Å². The van der Waals surface area contributed by atoms with Gasteiger partial charge in [-0.25, -0.2) is 13.4 Å². The average Bonchev–Trinajstić information content (AvgIpc) is 3.11. The molecule has 140 valence electrons. The maximum absolute atomic E-state index is 12.9. The number of likely N-dealkylation sites (N-methyl/N-ethyl adjacent to an activating group) is 1. The molecule has 7 nitrogen and oxygen atoms in total. The van der Waals surface area contributed by atoms with E-state index in [0.29, 0.717) is 17.3 Å². The summed E-state index contributed by atoms with van der Waals surface area (Å²) in [6.07, 6.45) is 2.74. The Balaban J connectivity index is 2.36. The Bertz CT molecular complexity index is 873. The van der Waals surface area contributed by atoms with Crippen molar-refractivity contribution in [1.82, 2.24) is 4.98 Å². The van der Waals surface area contributed by atoms with Crippen LogP contribution in [0.5, 0.6) is 0 Å². The van der Waals surface area contributed by atoms with Crippen molar-refractivity contribution in [3.8, 4) is 0 Å². The van der Waals surface area contributed by atoms with Gasteiger partial charge < -0.3 is 4.84 Å². The first-order valence-corrected chi connectivity index (χ1v) is 10.6. The maximum Gasteiger partial charge on any atom is 0.282 e. The molecule has 0 fully saturated rings. The van der Waals surface area contributed by atoms with E-state index in [1.165, 1.54) is 28.4 Å². The Morgan fingerprint density at radius 1 is 1.31 bits per heavy atom. The number of rotatable bonds is 7. The van der Waals surface area contributed by atoms with Crippen molar-refractivity contribution >= 4 is 37.9 Å². The third kappa shape index (κ3) is 5.12. The fraction of sp³-hybridized carbons (Fsp3) is 0.353. The first kappa shape index (κ1) is 20.1. The molecule has 0 atom stereocenters. The van der Waals surface area contributed by atoms with E-state index in [1.54, 1.807) is 30.8 Å². The summed E-state index contributed by atoms with van der Waals surface area (Å²) in [6.45, 7) is 4.30. The molecule has 1 aromatic heterocycles. The van der Waals surface area contributed by atoms with E-state index in [4.69, 9.17) is 4.84 Å². The first-order valence-electron chi connectivity index (χ1n) is 7.88. The Labute approximate surface area is 157 Å². The number of sulfone groups is 1. The van der Waals surface area contributed by atoms with Gasteiger partial charge in [-0.1, -0.05) is 31.1 Å². The second-order valence-corrected chi connectivity index (χ2v) is 8.99. The number of oxime groups is 1. The van der Waals surface area contributed by atoms with Crippen molar-refractivity contribution in [3.63, 3.8) is 0 Å². The molecule has 1 aromatic carbocycles. The van der Waals surface area contributed by atoms with Crippen LogP contribution in [0.4, 0.5) is 5.13 Å². The van der Waals surface area contributed by atoms with Gasteiger partial charge in [0, 0.05) is 30.4 Å². The SMILES string of the molecule is CC(C)CO/N=C(/C(=O)N(C)c1nccs1)c1ccc(S(C)(=O)=O)cc1. The standard InChI is InChI=1S/C17H21N3O4S2/c1-12(2)11-24-19-15(16(21)20(3)17-18-9-10-25-17)13-5-7-14(8-6-13)26(4,22)23/h5-10,12H,11H2,1-4H3/b19-15+. The van der Waals surface area contributed by atoms with E-state index in [1.807, 2.05) is 13.8 Å². The summed E-state index contributed by atoms with van der Waals surface area (Å²) in [5.41, 5.74) is 0.554. The highest BCUT2D eigenvalue weighted by molar-refractivity contribution is 7.90. The third-order valence-electron chi connectivity index (χ3n) is 3.33. The van der Waals surface area contributed by atoms with Crippen LogP contribution in [-0.2, 0) is 19.5 Å². The molecule has 0 spiro atoms. The van der Waals surface area contributed by atoms with E-state index < -0.39 is 15.7 Å². The molecule has 0 unspecified atom stereocenters. The van der Waals surface area contributed by atoms with Gasteiger partial charge in [-0.3, -0.25) is 9.69 Å². The summed E-state index contributed by atoms with van der Waals surface area (Å²) in [7, 11) is -1.72. The molecule has 0 N–H and O–H groups in total. The molecule has 0 aliphatic carbocycles. The largest absolute Gasteiger partial charge is 0.395 e. The van der Waals surface area contributed by atoms with Crippen LogP contribution in [0.15, 0.2) is 45.9 Å². The van der Waals surface area contributed by atoms with Crippen LogP contribution in [0.2, 0.25) is 0 Å². The first-order chi connectivity index (χ1) is 12.2. The van der Waals surface area contributed by atoms with Crippen molar-refractivity contribution in [3.05, 3.63) is 41.4 Å². The summed E-state index contributed by atoms with van der Waals surface area (Å²) in [4.78, 5) is 23.8. The molecule has 0 saturated heterocycles.